The van der Waals surface area contributed by atoms with Gasteiger partial charge in [-0.3, -0.25) is 9.59 Å². The van der Waals surface area contributed by atoms with Crippen LogP contribution < -0.4 is 10.6 Å². The molecule has 1 aromatic rings. The fraction of sp³-hybridized carbons (Fsp3) is 0.438. The summed E-state index contributed by atoms with van der Waals surface area (Å²) in [7, 11) is 0. The molecule has 0 saturated carbocycles. The zero-order chi connectivity index (χ0) is 15.9. The third kappa shape index (κ3) is 4.80. The van der Waals surface area contributed by atoms with Crippen molar-refractivity contribution >= 4 is 34.8 Å². The second-order valence-corrected chi connectivity index (χ2v) is 5.83. The van der Waals surface area contributed by atoms with Crippen LogP contribution >= 0.6 is 12.2 Å². The van der Waals surface area contributed by atoms with Crippen molar-refractivity contribution in [3.63, 3.8) is 0 Å². The third-order valence-electron chi connectivity index (χ3n) is 3.55. The molecule has 0 spiro atoms. The first-order valence-corrected chi connectivity index (χ1v) is 7.95. The number of hydrogen-bond acceptors (Lipinski definition) is 3. The van der Waals surface area contributed by atoms with Gasteiger partial charge in [0.2, 0.25) is 5.91 Å². The summed E-state index contributed by atoms with van der Waals surface area (Å²) in [5.74, 6) is -0.176. The van der Waals surface area contributed by atoms with E-state index in [2.05, 4.69) is 10.6 Å². The predicted molar refractivity (Wildman–Crippen MR) is 90.9 cm³/mol. The van der Waals surface area contributed by atoms with E-state index in [0.717, 1.165) is 25.9 Å². The van der Waals surface area contributed by atoms with Crippen molar-refractivity contribution in [3.05, 3.63) is 29.8 Å². The maximum atomic E-state index is 12.6. The molecule has 1 heterocycles. The lowest BCUT2D eigenvalue weighted by Gasteiger charge is -2.20. The van der Waals surface area contributed by atoms with Crippen LogP contribution in [-0.2, 0) is 4.79 Å². The smallest absolute Gasteiger partial charge is 0.253 e. The Morgan fingerprint density at radius 2 is 1.82 bits per heavy atom. The molecule has 2 N–H and O–H groups in total. The fourth-order valence-electron chi connectivity index (χ4n) is 2.51. The summed E-state index contributed by atoms with van der Waals surface area (Å²) < 4.78 is 0. The molecule has 0 radical (unpaired) electrons. The lowest BCUT2D eigenvalue weighted by Crippen LogP contribution is -2.33. The van der Waals surface area contributed by atoms with Crippen molar-refractivity contribution < 1.29 is 9.59 Å². The van der Waals surface area contributed by atoms with Crippen molar-refractivity contribution in [2.24, 2.45) is 0 Å². The van der Waals surface area contributed by atoms with E-state index in [1.807, 2.05) is 17.0 Å². The van der Waals surface area contributed by atoms with Gasteiger partial charge in [0, 0.05) is 31.3 Å². The molecule has 1 aromatic carbocycles. The number of amides is 2. The molecule has 2 rings (SSSR count). The maximum Gasteiger partial charge on any atom is 0.253 e. The van der Waals surface area contributed by atoms with Gasteiger partial charge in [0.1, 0.15) is 0 Å². The van der Waals surface area contributed by atoms with E-state index in [1.54, 1.807) is 12.1 Å². The topological polar surface area (TPSA) is 61.4 Å². The zero-order valence-corrected chi connectivity index (χ0v) is 13.5. The van der Waals surface area contributed by atoms with Gasteiger partial charge in [-0.25, -0.2) is 0 Å². The summed E-state index contributed by atoms with van der Waals surface area (Å²) in [4.78, 5) is 25.4. The SMILES string of the molecule is CC(=O)NC(=S)Nc1cccc(C(=O)N2CCCCCC2)c1. The van der Waals surface area contributed by atoms with Crippen LogP contribution in [0.1, 0.15) is 43.0 Å². The standard InChI is InChI=1S/C16H21N3O2S/c1-12(20)17-16(22)18-14-8-6-7-13(11-14)15(21)19-9-4-2-3-5-10-19/h6-8,11H,2-5,9-10H2,1H3,(H2,17,18,20,22). The summed E-state index contributed by atoms with van der Waals surface area (Å²) in [6.45, 7) is 3.04. The van der Waals surface area contributed by atoms with Crippen molar-refractivity contribution in [2.75, 3.05) is 18.4 Å². The highest BCUT2D eigenvalue weighted by molar-refractivity contribution is 7.80. The molecule has 2 amide bonds. The molecule has 1 aliphatic heterocycles. The van der Waals surface area contributed by atoms with Crippen molar-refractivity contribution in [3.8, 4) is 0 Å². The van der Waals surface area contributed by atoms with Crippen LogP contribution in [0.25, 0.3) is 0 Å². The normalized spacial score (nSPS) is 14.9. The number of nitrogens with one attached hydrogen (secondary N) is 2. The molecule has 1 saturated heterocycles. The fourth-order valence-corrected chi connectivity index (χ4v) is 2.77. The van der Waals surface area contributed by atoms with Gasteiger partial charge in [0.15, 0.2) is 5.11 Å². The molecule has 0 unspecified atom stereocenters. The number of likely N-dealkylation sites (tertiary alicyclic amines) is 1. The van der Waals surface area contributed by atoms with Crippen molar-refractivity contribution in [1.82, 2.24) is 10.2 Å². The minimum Gasteiger partial charge on any atom is -0.339 e. The van der Waals surface area contributed by atoms with E-state index in [1.165, 1.54) is 19.8 Å². The van der Waals surface area contributed by atoms with Crippen molar-refractivity contribution in [2.45, 2.75) is 32.6 Å². The molecule has 22 heavy (non-hydrogen) atoms. The summed E-state index contributed by atoms with van der Waals surface area (Å²) >= 11 is 5.03. The van der Waals surface area contributed by atoms with Crippen LogP contribution in [0.3, 0.4) is 0 Å². The van der Waals surface area contributed by atoms with Crippen LogP contribution in [0.5, 0.6) is 0 Å². The number of thiocarbonyl (C=S) groups is 1. The van der Waals surface area contributed by atoms with Crippen LogP contribution in [0.4, 0.5) is 5.69 Å². The average molecular weight is 319 g/mol. The summed E-state index contributed by atoms with van der Waals surface area (Å²) in [5, 5.41) is 5.64. The van der Waals surface area contributed by atoms with E-state index in [-0.39, 0.29) is 16.9 Å². The van der Waals surface area contributed by atoms with Gasteiger partial charge >= 0.3 is 0 Å². The third-order valence-corrected chi connectivity index (χ3v) is 3.75. The number of benzene rings is 1. The lowest BCUT2D eigenvalue weighted by molar-refractivity contribution is -0.117. The monoisotopic (exact) mass is 319 g/mol. The number of nitrogens with zero attached hydrogens (tertiary/aromatic N) is 1. The van der Waals surface area contributed by atoms with Gasteiger partial charge in [-0.2, -0.15) is 0 Å². The van der Waals surface area contributed by atoms with Gasteiger partial charge in [-0.05, 0) is 43.3 Å². The van der Waals surface area contributed by atoms with Gasteiger partial charge in [-0.15, -0.1) is 0 Å². The Hall–Kier alpha value is -1.95. The van der Waals surface area contributed by atoms with Gasteiger partial charge < -0.3 is 15.5 Å². The Kier molecular flexibility index (Phi) is 5.89. The van der Waals surface area contributed by atoms with E-state index in [0.29, 0.717) is 11.3 Å². The van der Waals surface area contributed by atoms with Crippen LogP contribution in [0.2, 0.25) is 0 Å². The van der Waals surface area contributed by atoms with Crippen LogP contribution in [0.15, 0.2) is 24.3 Å². The van der Waals surface area contributed by atoms with Crippen molar-refractivity contribution in [1.29, 1.82) is 0 Å². The highest BCUT2D eigenvalue weighted by Crippen LogP contribution is 2.16. The van der Waals surface area contributed by atoms with Crippen LogP contribution in [-0.4, -0.2) is 34.9 Å². The minimum absolute atomic E-state index is 0.0518. The number of anilines is 1. The molecule has 0 atom stereocenters. The first kappa shape index (κ1) is 16.4. The number of hydrogen-bond donors (Lipinski definition) is 2. The summed E-state index contributed by atoms with van der Waals surface area (Å²) in [6.07, 6.45) is 4.51. The Balaban J connectivity index is 2.05. The molecule has 0 aromatic heterocycles. The van der Waals surface area contributed by atoms with Gasteiger partial charge in [-0.1, -0.05) is 18.9 Å². The second-order valence-electron chi connectivity index (χ2n) is 5.42. The number of carbonyl (C=O) groups is 2. The molecule has 5 nitrogen and oxygen atoms in total. The van der Waals surface area contributed by atoms with E-state index >= 15 is 0 Å². The minimum atomic E-state index is -0.228. The van der Waals surface area contributed by atoms with E-state index < -0.39 is 0 Å². The largest absolute Gasteiger partial charge is 0.339 e. The lowest BCUT2D eigenvalue weighted by atomic mass is 10.1. The number of carbonyl (C=O) groups excluding carboxylic acids is 2. The Morgan fingerprint density at radius 3 is 2.45 bits per heavy atom. The highest BCUT2D eigenvalue weighted by Gasteiger charge is 2.17. The maximum absolute atomic E-state index is 12.6. The molecule has 0 bridgehead atoms. The number of rotatable bonds is 2. The van der Waals surface area contributed by atoms with E-state index in [9.17, 15) is 9.59 Å². The highest BCUT2D eigenvalue weighted by atomic mass is 32.1. The Morgan fingerprint density at radius 1 is 1.14 bits per heavy atom. The molecular formula is C16H21N3O2S. The molecule has 1 aliphatic rings. The Bertz CT molecular complexity index is 566. The molecule has 0 aliphatic carbocycles. The van der Waals surface area contributed by atoms with E-state index in [4.69, 9.17) is 12.2 Å². The van der Waals surface area contributed by atoms with Gasteiger partial charge in [0.05, 0.1) is 0 Å². The zero-order valence-electron chi connectivity index (χ0n) is 12.7. The first-order chi connectivity index (χ1) is 10.6. The first-order valence-electron chi connectivity index (χ1n) is 7.54. The van der Waals surface area contributed by atoms with Gasteiger partial charge in [0.25, 0.3) is 5.91 Å². The summed E-state index contributed by atoms with van der Waals surface area (Å²) in [6, 6.07) is 7.19. The second kappa shape index (κ2) is 7.89. The van der Waals surface area contributed by atoms with Crippen LogP contribution in [0, 0.1) is 0 Å². The Labute approximate surface area is 136 Å². The average Bonchev–Trinajstić information content (AvgIpc) is 2.75. The summed E-state index contributed by atoms with van der Waals surface area (Å²) in [5.41, 5.74) is 1.33. The predicted octanol–water partition coefficient (Wildman–Crippen LogP) is 2.54. The molecule has 118 valence electrons. The molecular weight excluding hydrogens is 298 g/mol. The quantitative estimate of drug-likeness (QED) is 0.822. The molecule has 1 fully saturated rings. The molecule has 6 heteroatoms.